The number of aryl methyl sites for hydroxylation is 1. The Labute approximate surface area is 175 Å². The van der Waals surface area contributed by atoms with Gasteiger partial charge in [-0.3, -0.25) is 14.9 Å². The van der Waals surface area contributed by atoms with Crippen molar-refractivity contribution in [3.63, 3.8) is 0 Å². The van der Waals surface area contributed by atoms with Crippen LogP contribution in [0.15, 0.2) is 47.4 Å². The van der Waals surface area contributed by atoms with Crippen molar-refractivity contribution >= 4 is 27.3 Å². The first kappa shape index (κ1) is 23.3. The summed E-state index contributed by atoms with van der Waals surface area (Å²) >= 11 is 0. The Kier molecular flexibility index (Phi) is 7.90. The number of nitro benzene ring substituents is 1. The van der Waals surface area contributed by atoms with Crippen molar-refractivity contribution in [2.45, 2.75) is 32.1 Å². The molecule has 0 bridgehead atoms. The summed E-state index contributed by atoms with van der Waals surface area (Å²) in [6, 6.07) is 10.7. The Balaban J connectivity index is 2.17. The van der Waals surface area contributed by atoms with Gasteiger partial charge in [-0.15, -0.1) is 0 Å². The molecule has 0 fully saturated rings. The van der Waals surface area contributed by atoms with Gasteiger partial charge in [-0.2, -0.15) is 4.31 Å². The maximum Gasteiger partial charge on any atom is 0.312 e. The van der Waals surface area contributed by atoms with E-state index in [1.54, 1.807) is 19.9 Å². The summed E-state index contributed by atoms with van der Waals surface area (Å²) in [5, 5.41) is 14.1. The third-order valence-electron chi connectivity index (χ3n) is 4.45. The second kappa shape index (κ2) is 10.2. The molecule has 1 amide bonds. The van der Waals surface area contributed by atoms with Crippen LogP contribution in [-0.4, -0.2) is 43.2 Å². The third-order valence-corrected chi connectivity index (χ3v) is 6.49. The maximum atomic E-state index is 12.6. The standard InChI is InChI=1S/C20H25N3O6S/c1-4-15-8-7-9-16(12-15)21-20(24)14-29-19-11-10-17(13-18(19)23(25)26)30(27,28)22(5-2)6-3/h7-13H,4-6,14H2,1-3H3,(H,21,24). The molecule has 2 rings (SSSR count). The predicted octanol–water partition coefficient (Wildman–Crippen LogP) is 3.21. The zero-order chi connectivity index (χ0) is 22.3. The van der Waals surface area contributed by atoms with Gasteiger partial charge >= 0.3 is 5.69 Å². The fourth-order valence-corrected chi connectivity index (χ4v) is 4.32. The smallest absolute Gasteiger partial charge is 0.312 e. The maximum absolute atomic E-state index is 12.6. The van der Waals surface area contributed by atoms with E-state index in [0.29, 0.717) is 5.69 Å². The van der Waals surface area contributed by atoms with Gasteiger partial charge in [0.05, 0.1) is 9.82 Å². The number of carbonyl (C=O) groups excluding carboxylic acids is 1. The van der Waals surface area contributed by atoms with E-state index in [2.05, 4.69) is 5.32 Å². The van der Waals surface area contributed by atoms with E-state index in [9.17, 15) is 23.3 Å². The summed E-state index contributed by atoms with van der Waals surface area (Å²) < 4.78 is 31.7. The fourth-order valence-electron chi connectivity index (χ4n) is 2.84. The summed E-state index contributed by atoms with van der Waals surface area (Å²) in [7, 11) is -3.86. The summed E-state index contributed by atoms with van der Waals surface area (Å²) in [6.07, 6.45) is 0.815. The van der Waals surface area contributed by atoms with Crippen molar-refractivity contribution in [2.24, 2.45) is 0 Å². The van der Waals surface area contributed by atoms with Crippen LogP contribution in [0.25, 0.3) is 0 Å². The second-order valence-electron chi connectivity index (χ2n) is 6.37. The molecular formula is C20H25N3O6S. The van der Waals surface area contributed by atoms with Gasteiger partial charge in [0, 0.05) is 24.8 Å². The van der Waals surface area contributed by atoms with Crippen molar-refractivity contribution in [1.82, 2.24) is 4.31 Å². The minimum absolute atomic E-state index is 0.184. The normalized spacial score (nSPS) is 11.3. The number of benzene rings is 2. The van der Waals surface area contributed by atoms with Crippen molar-refractivity contribution in [3.8, 4) is 5.75 Å². The van der Waals surface area contributed by atoms with E-state index >= 15 is 0 Å². The molecule has 0 atom stereocenters. The molecule has 0 unspecified atom stereocenters. The number of rotatable bonds is 10. The molecule has 10 heteroatoms. The second-order valence-corrected chi connectivity index (χ2v) is 8.30. The molecule has 0 radical (unpaired) electrons. The lowest BCUT2D eigenvalue weighted by atomic mass is 10.1. The summed E-state index contributed by atoms with van der Waals surface area (Å²) in [5.41, 5.74) is 1.12. The van der Waals surface area contributed by atoms with Gasteiger partial charge < -0.3 is 10.1 Å². The highest BCUT2D eigenvalue weighted by molar-refractivity contribution is 7.89. The molecule has 0 spiro atoms. The molecule has 162 valence electrons. The molecule has 0 aromatic heterocycles. The topological polar surface area (TPSA) is 119 Å². The van der Waals surface area contributed by atoms with Crippen molar-refractivity contribution < 1.29 is 22.9 Å². The molecule has 2 aromatic carbocycles. The van der Waals surface area contributed by atoms with Crippen molar-refractivity contribution in [2.75, 3.05) is 25.0 Å². The van der Waals surface area contributed by atoms with Crippen LogP contribution in [0.2, 0.25) is 0 Å². The lowest BCUT2D eigenvalue weighted by Gasteiger charge is -2.18. The lowest BCUT2D eigenvalue weighted by Crippen LogP contribution is -2.30. The summed E-state index contributed by atoms with van der Waals surface area (Å²) in [6.45, 7) is 5.38. The highest BCUT2D eigenvalue weighted by Crippen LogP contribution is 2.31. The number of anilines is 1. The van der Waals surface area contributed by atoms with Gasteiger partial charge in [0.1, 0.15) is 0 Å². The molecule has 30 heavy (non-hydrogen) atoms. The third kappa shape index (κ3) is 5.55. The van der Waals surface area contributed by atoms with Crippen LogP contribution >= 0.6 is 0 Å². The number of carbonyl (C=O) groups is 1. The zero-order valence-electron chi connectivity index (χ0n) is 17.1. The number of hydrogen-bond acceptors (Lipinski definition) is 6. The highest BCUT2D eigenvalue weighted by Gasteiger charge is 2.26. The molecule has 0 aliphatic rings. The number of hydrogen-bond donors (Lipinski definition) is 1. The number of ether oxygens (including phenoxy) is 1. The Bertz CT molecular complexity index is 1020. The number of sulfonamides is 1. The van der Waals surface area contributed by atoms with Gasteiger partial charge in [0.2, 0.25) is 10.0 Å². The monoisotopic (exact) mass is 435 g/mol. The minimum atomic E-state index is -3.86. The first-order chi connectivity index (χ1) is 14.2. The van der Waals surface area contributed by atoms with E-state index < -0.39 is 33.1 Å². The molecule has 0 heterocycles. The van der Waals surface area contributed by atoms with Crippen LogP contribution in [0.5, 0.6) is 5.75 Å². The van der Waals surface area contributed by atoms with E-state index in [1.165, 1.54) is 16.4 Å². The Hall–Kier alpha value is -2.98. The van der Waals surface area contributed by atoms with E-state index in [0.717, 1.165) is 18.1 Å². The van der Waals surface area contributed by atoms with Crippen LogP contribution in [0.1, 0.15) is 26.3 Å². The van der Waals surface area contributed by atoms with Gasteiger partial charge in [-0.1, -0.05) is 32.9 Å². The van der Waals surface area contributed by atoms with Crippen LogP contribution in [0.3, 0.4) is 0 Å². The summed E-state index contributed by atoms with van der Waals surface area (Å²) in [5.74, 6) is -0.673. The van der Waals surface area contributed by atoms with Crippen molar-refractivity contribution in [3.05, 3.63) is 58.1 Å². The van der Waals surface area contributed by atoms with Crippen LogP contribution in [0.4, 0.5) is 11.4 Å². The molecule has 0 aliphatic carbocycles. The molecule has 9 nitrogen and oxygen atoms in total. The van der Waals surface area contributed by atoms with Gasteiger partial charge in [-0.25, -0.2) is 8.42 Å². The van der Waals surface area contributed by atoms with Gasteiger partial charge in [0.25, 0.3) is 5.91 Å². The first-order valence-corrected chi connectivity index (χ1v) is 11.0. The number of nitrogens with zero attached hydrogens (tertiary/aromatic N) is 2. The molecule has 1 N–H and O–H groups in total. The molecular weight excluding hydrogens is 410 g/mol. The zero-order valence-corrected chi connectivity index (χ0v) is 17.9. The first-order valence-electron chi connectivity index (χ1n) is 9.53. The number of amides is 1. The van der Waals surface area contributed by atoms with Crippen molar-refractivity contribution in [1.29, 1.82) is 0 Å². The molecule has 0 saturated carbocycles. The van der Waals surface area contributed by atoms with E-state index in [1.807, 2.05) is 25.1 Å². The highest BCUT2D eigenvalue weighted by atomic mass is 32.2. The molecule has 0 saturated heterocycles. The van der Waals surface area contributed by atoms with Gasteiger partial charge in [-0.05, 0) is 36.2 Å². The van der Waals surface area contributed by atoms with Crippen LogP contribution < -0.4 is 10.1 Å². The van der Waals surface area contributed by atoms with Crippen LogP contribution in [0, 0.1) is 10.1 Å². The Morgan fingerprint density at radius 3 is 2.43 bits per heavy atom. The predicted molar refractivity (Wildman–Crippen MR) is 113 cm³/mol. The average molecular weight is 436 g/mol. The SMILES string of the molecule is CCc1cccc(NC(=O)COc2ccc(S(=O)(=O)N(CC)CC)cc2[N+](=O)[O-])c1. The van der Waals surface area contributed by atoms with E-state index in [4.69, 9.17) is 4.74 Å². The number of nitro groups is 1. The Morgan fingerprint density at radius 1 is 1.13 bits per heavy atom. The molecule has 0 aliphatic heterocycles. The molecule has 2 aromatic rings. The minimum Gasteiger partial charge on any atom is -0.477 e. The Morgan fingerprint density at radius 2 is 1.83 bits per heavy atom. The lowest BCUT2D eigenvalue weighted by molar-refractivity contribution is -0.386. The quantitative estimate of drug-likeness (QED) is 0.452. The summed E-state index contributed by atoms with van der Waals surface area (Å²) in [4.78, 5) is 22.6. The van der Waals surface area contributed by atoms with Gasteiger partial charge in [0.15, 0.2) is 12.4 Å². The van der Waals surface area contributed by atoms with Crippen LogP contribution in [-0.2, 0) is 21.2 Å². The average Bonchev–Trinajstić information content (AvgIpc) is 2.72. The number of nitrogens with one attached hydrogen (secondary N) is 1. The van der Waals surface area contributed by atoms with E-state index in [-0.39, 0.29) is 23.7 Å². The largest absolute Gasteiger partial charge is 0.477 e. The fraction of sp³-hybridized carbons (Fsp3) is 0.350.